The Labute approximate surface area is 167 Å². The third-order valence-corrected chi connectivity index (χ3v) is 5.23. The smallest absolute Gasteiger partial charge is 0.137 e. The van der Waals surface area contributed by atoms with Crippen molar-refractivity contribution in [3.63, 3.8) is 0 Å². The third-order valence-electron chi connectivity index (χ3n) is 5.23. The fourth-order valence-electron chi connectivity index (χ4n) is 3.99. The van der Waals surface area contributed by atoms with E-state index in [0.717, 1.165) is 23.2 Å². The molecule has 0 saturated heterocycles. The lowest BCUT2D eigenvalue weighted by Crippen LogP contribution is -2.52. The van der Waals surface area contributed by atoms with E-state index in [1.165, 1.54) is 0 Å². The van der Waals surface area contributed by atoms with Crippen LogP contribution in [0.15, 0.2) is 79.4 Å². The van der Waals surface area contributed by atoms with E-state index in [0.29, 0.717) is 0 Å². The summed E-state index contributed by atoms with van der Waals surface area (Å²) in [6.45, 7) is 9.46. The van der Waals surface area contributed by atoms with Crippen LogP contribution < -0.4 is 0 Å². The van der Waals surface area contributed by atoms with Crippen LogP contribution in [0, 0.1) is 0 Å². The van der Waals surface area contributed by atoms with E-state index in [1.807, 2.05) is 42.5 Å². The minimum atomic E-state index is -1.31. The van der Waals surface area contributed by atoms with Gasteiger partial charge in [0.15, 0.2) is 0 Å². The molecule has 4 nitrogen and oxygen atoms in total. The van der Waals surface area contributed by atoms with Gasteiger partial charge < -0.3 is 5.11 Å². The fraction of sp³-hybridized carbons (Fsp3) is 0.333. The van der Waals surface area contributed by atoms with Crippen LogP contribution in [-0.4, -0.2) is 32.1 Å². The molecule has 1 unspecified atom stereocenters. The Morgan fingerprint density at radius 2 is 1.39 bits per heavy atom. The van der Waals surface area contributed by atoms with Gasteiger partial charge >= 0.3 is 0 Å². The zero-order valence-electron chi connectivity index (χ0n) is 17.1. The lowest BCUT2D eigenvalue weighted by Gasteiger charge is -2.48. The molecule has 0 aliphatic heterocycles. The van der Waals surface area contributed by atoms with Gasteiger partial charge in [-0.2, -0.15) is 0 Å². The summed E-state index contributed by atoms with van der Waals surface area (Å²) in [5.74, 6) is 0. The van der Waals surface area contributed by atoms with Crippen molar-refractivity contribution in [3.05, 3.63) is 96.1 Å². The average molecular weight is 376 g/mol. The first kappa shape index (κ1) is 20.2. The van der Waals surface area contributed by atoms with E-state index in [9.17, 15) is 5.11 Å². The molecule has 0 fully saturated rings. The van der Waals surface area contributed by atoms with Crippen molar-refractivity contribution in [1.82, 2.24) is 14.9 Å². The summed E-state index contributed by atoms with van der Waals surface area (Å²) >= 11 is 0. The SMILES string of the molecule is CCN(C(c1ccccc1)C(O)(c1cccnc1)c1cccnc1)C(C)(C)C. The maximum Gasteiger partial charge on any atom is 0.137 e. The molecule has 28 heavy (non-hydrogen) atoms. The van der Waals surface area contributed by atoms with Crippen LogP contribution in [0.2, 0.25) is 0 Å². The summed E-state index contributed by atoms with van der Waals surface area (Å²) < 4.78 is 0. The molecule has 1 N–H and O–H groups in total. The molecule has 1 aromatic carbocycles. The molecular weight excluding hydrogens is 346 g/mol. The predicted octanol–water partition coefficient (Wildman–Crippen LogP) is 4.57. The van der Waals surface area contributed by atoms with Gasteiger partial charge in [0.2, 0.25) is 0 Å². The Bertz CT molecular complexity index is 821. The molecule has 0 saturated carbocycles. The summed E-state index contributed by atoms with van der Waals surface area (Å²) in [6.07, 6.45) is 6.96. The maximum atomic E-state index is 12.4. The van der Waals surface area contributed by atoms with Gasteiger partial charge in [-0.05, 0) is 45.0 Å². The van der Waals surface area contributed by atoms with Gasteiger partial charge in [-0.25, -0.2) is 0 Å². The van der Waals surface area contributed by atoms with Gasteiger partial charge in [0.1, 0.15) is 5.60 Å². The fourth-order valence-corrected chi connectivity index (χ4v) is 3.99. The number of aromatic nitrogens is 2. The standard InChI is InChI=1S/C24H29N3O/c1-5-27(23(2,3)4)22(19-11-7-6-8-12-19)24(28,20-13-9-15-25-17-20)21-14-10-16-26-18-21/h6-18,22,28H,5H2,1-4H3. The van der Waals surface area contributed by atoms with Gasteiger partial charge in [-0.1, -0.05) is 49.4 Å². The van der Waals surface area contributed by atoms with Crippen molar-refractivity contribution >= 4 is 0 Å². The quantitative estimate of drug-likeness (QED) is 0.685. The number of pyridine rings is 2. The van der Waals surface area contributed by atoms with Crippen LogP contribution >= 0.6 is 0 Å². The molecule has 4 heteroatoms. The minimum absolute atomic E-state index is 0.159. The Morgan fingerprint density at radius 3 is 1.79 bits per heavy atom. The number of nitrogens with zero attached hydrogens (tertiary/aromatic N) is 3. The van der Waals surface area contributed by atoms with Crippen LogP contribution in [0.3, 0.4) is 0 Å². The first-order valence-electron chi connectivity index (χ1n) is 9.74. The van der Waals surface area contributed by atoms with Crippen molar-refractivity contribution < 1.29 is 5.11 Å². The highest BCUT2D eigenvalue weighted by Crippen LogP contribution is 2.46. The Kier molecular flexibility index (Phi) is 5.92. The number of benzene rings is 1. The molecule has 1 atom stereocenters. The number of hydrogen-bond acceptors (Lipinski definition) is 4. The second-order valence-corrected chi connectivity index (χ2v) is 8.02. The lowest BCUT2D eigenvalue weighted by molar-refractivity contribution is -0.0556. The molecule has 0 bridgehead atoms. The monoisotopic (exact) mass is 375 g/mol. The largest absolute Gasteiger partial charge is 0.378 e. The predicted molar refractivity (Wildman–Crippen MR) is 113 cm³/mol. The summed E-state index contributed by atoms with van der Waals surface area (Å²) in [5.41, 5.74) is 1.08. The summed E-state index contributed by atoms with van der Waals surface area (Å²) in [5, 5.41) is 12.4. The number of likely N-dealkylation sites (N-methyl/N-ethyl adjacent to an activating group) is 1. The van der Waals surface area contributed by atoms with E-state index < -0.39 is 5.60 Å². The normalized spacial score (nSPS) is 13.5. The number of aliphatic hydroxyl groups is 1. The van der Waals surface area contributed by atoms with Gasteiger partial charge in [-0.15, -0.1) is 0 Å². The third kappa shape index (κ3) is 3.84. The molecule has 3 rings (SSSR count). The molecule has 2 aromatic heterocycles. The zero-order valence-corrected chi connectivity index (χ0v) is 17.1. The van der Waals surface area contributed by atoms with Gasteiger partial charge in [0.05, 0.1) is 6.04 Å². The Hall–Kier alpha value is -2.56. The maximum absolute atomic E-state index is 12.4. The Balaban J connectivity index is 2.32. The van der Waals surface area contributed by atoms with Crippen molar-refractivity contribution in [1.29, 1.82) is 0 Å². The highest BCUT2D eigenvalue weighted by Gasteiger charge is 2.47. The molecule has 2 heterocycles. The molecule has 0 aliphatic carbocycles. The second-order valence-electron chi connectivity index (χ2n) is 8.02. The van der Waals surface area contributed by atoms with Crippen LogP contribution in [0.4, 0.5) is 0 Å². The summed E-state index contributed by atoms with van der Waals surface area (Å²) in [4.78, 5) is 10.9. The molecule has 0 radical (unpaired) electrons. The highest BCUT2D eigenvalue weighted by atomic mass is 16.3. The first-order chi connectivity index (χ1) is 13.4. The lowest BCUT2D eigenvalue weighted by atomic mass is 9.76. The van der Waals surface area contributed by atoms with Gasteiger partial charge in [0, 0.05) is 41.5 Å². The topological polar surface area (TPSA) is 49.2 Å². The van der Waals surface area contributed by atoms with Gasteiger partial charge in [-0.3, -0.25) is 14.9 Å². The van der Waals surface area contributed by atoms with Crippen molar-refractivity contribution in [2.24, 2.45) is 0 Å². The van der Waals surface area contributed by atoms with E-state index >= 15 is 0 Å². The van der Waals surface area contributed by atoms with Crippen LogP contribution in [0.1, 0.15) is 50.4 Å². The van der Waals surface area contributed by atoms with Crippen molar-refractivity contribution in [2.45, 2.75) is 44.9 Å². The van der Waals surface area contributed by atoms with Crippen LogP contribution in [0.5, 0.6) is 0 Å². The number of rotatable bonds is 6. The molecule has 0 aliphatic rings. The highest BCUT2D eigenvalue weighted by molar-refractivity contribution is 5.39. The van der Waals surface area contributed by atoms with Crippen molar-refractivity contribution in [2.75, 3.05) is 6.54 Å². The summed E-state index contributed by atoms with van der Waals surface area (Å²) in [7, 11) is 0. The molecule has 146 valence electrons. The van der Waals surface area contributed by atoms with E-state index in [4.69, 9.17) is 0 Å². The molecule has 3 aromatic rings. The van der Waals surface area contributed by atoms with Gasteiger partial charge in [0.25, 0.3) is 0 Å². The average Bonchev–Trinajstić information content (AvgIpc) is 2.72. The van der Waals surface area contributed by atoms with Crippen molar-refractivity contribution in [3.8, 4) is 0 Å². The first-order valence-corrected chi connectivity index (χ1v) is 9.74. The van der Waals surface area contributed by atoms with Crippen LogP contribution in [0.25, 0.3) is 0 Å². The molecule has 0 amide bonds. The van der Waals surface area contributed by atoms with E-state index in [-0.39, 0.29) is 11.6 Å². The molecular formula is C24H29N3O. The molecule has 0 spiro atoms. The van der Waals surface area contributed by atoms with E-state index in [1.54, 1.807) is 24.8 Å². The zero-order chi connectivity index (χ0) is 20.2. The van der Waals surface area contributed by atoms with Crippen LogP contribution in [-0.2, 0) is 5.60 Å². The van der Waals surface area contributed by atoms with E-state index in [2.05, 4.69) is 54.7 Å². The second kappa shape index (κ2) is 8.21. The minimum Gasteiger partial charge on any atom is -0.378 e. The summed E-state index contributed by atoms with van der Waals surface area (Å²) in [6, 6.07) is 17.5. The number of hydrogen-bond donors (Lipinski definition) is 1. The Morgan fingerprint density at radius 1 is 0.857 bits per heavy atom.